The molecular formula is C20H26N6O3. The highest BCUT2D eigenvalue weighted by molar-refractivity contribution is 5.79. The van der Waals surface area contributed by atoms with E-state index in [1.54, 1.807) is 33.6 Å². The lowest BCUT2D eigenvalue weighted by molar-refractivity contribution is 0.354. The van der Waals surface area contributed by atoms with Gasteiger partial charge >= 0.3 is 0 Å². The van der Waals surface area contributed by atoms with E-state index in [0.29, 0.717) is 24.0 Å². The predicted octanol–water partition coefficient (Wildman–Crippen LogP) is 2.33. The number of nitrogens with zero attached hydrogens (tertiary/aromatic N) is 4. The Kier molecular flexibility index (Phi) is 6.72. The fourth-order valence-corrected chi connectivity index (χ4v) is 2.88. The molecule has 154 valence electrons. The van der Waals surface area contributed by atoms with Crippen LogP contribution in [-0.2, 0) is 13.0 Å². The van der Waals surface area contributed by atoms with Gasteiger partial charge in [-0.2, -0.15) is 0 Å². The summed E-state index contributed by atoms with van der Waals surface area (Å²) < 4.78 is 16.0. The molecular weight excluding hydrogens is 372 g/mol. The number of likely N-dealkylation sites (N-methyl/N-ethyl adjacent to an activating group) is 1. The third-order valence-electron chi connectivity index (χ3n) is 4.44. The number of hydrogen-bond acceptors (Lipinski definition) is 6. The average molecular weight is 398 g/mol. The Hall–Kier alpha value is -3.49. The number of rotatable bonds is 8. The normalized spacial score (nSPS) is 11.4. The van der Waals surface area contributed by atoms with Crippen LogP contribution in [0, 0.1) is 0 Å². The van der Waals surface area contributed by atoms with Gasteiger partial charge in [-0.1, -0.05) is 6.07 Å². The van der Waals surface area contributed by atoms with Gasteiger partial charge in [0.15, 0.2) is 23.2 Å². The molecule has 2 N–H and O–H groups in total. The van der Waals surface area contributed by atoms with Gasteiger partial charge in [0.2, 0.25) is 5.82 Å². The smallest absolute Gasteiger partial charge is 0.216 e. The van der Waals surface area contributed by atoms with E-state index >= 15 is 0 Å². The first-order valence-corrected chi connectivity index (χ1v) is 9.22. The molecule has 9 heteroatoms. The quantitative estimate of drug-likeness (QED) is 0.444. The Morgan fingerprint density at radius 3 is 2.76 bits per heavy atom. The molecule has 3 aromatic rings. The highest BCUT2D eigenvalue weighted by atomic mass is 16.5. The van der Waals surface area contributed by atoms with Crippen LogP contribution in [0.5, 0.6) is 11.5 Å². The molecule has 9 nitrogen and oxygen atoms in total. The van der Waals surface area contributed by atoms with Crippen molar-refractivity contribution in [2.45, 2.75) is 13.0 Å². The molecule has 0 bridgehead atoms. The van der Waals surface area contributed by atoms with Crippen molar-refractivity contribution >= 4 is 5.96 Å². The average Bonchev–Trinajstić information content (AvgIpc) is 3.44. The van der Waals surface area contributed by atoms with Gasteiger partial charge < -0.3 is 24.1 Å². The summed E-state index contributed by atoms with van der Waals surface area (Å²) in [5, 5.41) is 10.4. The topological polar surface area (TPSA) is 101 Å². The Labute approximate surface area is 169 Å². The van der Waals surface area contributed by atoms with Gasteiger partial charge in [0.05, 0.1) is 27.0 Å². The van der Waals surface area contributed by atoms with Crippen LogP contribution in [0.4, 0.5) is 0 Å². The van der Waals surface area contributed by atoms with Crippen molar-refractivity contribution in [2.24, 2.45) is 4.99 Å². The molecule has 0 aliphatic carbocycles. The van der Waals surface area contributed by atoms with Crippen molar-refractivity contribution in [1.29, 1.82) is 0 Å². The van der Waals surface area contributed by atoms with E-state index in [1.807, 2.05) is 31.3 Å². The van der Waals surface area contributed by atoms with E-state index in [-0.39, 0.29) is 0 Å². The van der Waals surface area contributed by atoms with Gasteiger partial charge in [-0.15, -0.1) is 5.10 Å². The molecule has 0 radical (unpaired) electrons. The maximum Gasteiger partial charge on any atom is 0.216 e. The minimum atomic E-state index is 0.473. The molecule has 0 spiro atoms. The summed E-state index contributed by atoms with van der Waals surface area (Å²) in [6, 6.07) is 9.57. The largest absolute Gasteiger partial charge is 0.493 e. The first-order valence-electron chi connectivity index (χ1n) is 9.22. The summed E-state index contributed by atoms with van der Waals surface area (Å²) in [6.45, 7) is 1.25. The minimum absolute atomic E-state index is 0.473. The Balaban J connectivity index is 1.53. The van der Waals surface area contributed by atoms with Crippen LogP contribution in [0.25, 0.3) is 11.6 Å². The monoisotopic (exact) mass is 398 g/mol. The number of guanidine groups is 1. The maximum absolute atomic E-state index is 5.37. The summed E-state index contributed by atoms with van der Waals surface area (Å²) in [5.41, 5.74) is 1.16. The Bertz CT molecular complexity index is 936. The second kappa shape index (κ2) is 9.63. The zero-order valence-corrected chi connectivity index (χ0v) is 17.1. The summed E-state index contributed by atoms with van der Waals surface area (Å²) >= 11 is 0. The molecule has 0 amide bonds. The van der Waals surface area contributed by atoms with Crippen LogP contribution in [-0.4, -0.2) is 60.9 Å². The molecule has 1 aromatic carbocycles. The van der Waals surface area contributed by atoms with Crippen LogP contribution in [0.2, 0.25) is 0 Å². The van der Waals surface area contributed by atoms with Gasteiger partial charge in [-0.3, -0.25) is 10.1 Å². The van der Waals surface area contributed by atoms with Crippen LogP contribution in [0.1, 0.15) is 11.4 Å². The van der Waals surface area contributed by atoms with E-state index in [0.717, 1.165) is 36.0 Å². The predicted molar refractivity (Wildman–Crippen MR) is 110 cm³/mol. The van der Waals surface area contributed by atoms with Gasteiger partial charge in [-0.05, 0) is 36.2 Å². The Morgan fingerprint density at radius 1 is 1.24 bits per heavy atom. The summed E-state index contributed by atoms with van der Waals surface area (Å²) in [6.07, 6.45) is 2.43. The van der Waals surface area contributed by atoms with Crippen molar-refractivity contribution in [3.05, 3.63) is 48.0 Å². The summed E-state index contributed by atoms with van der Waals surface area (Å²) in [7, 11) is 7.02. The molecule has 0 aliphatic heterocycles. The molecule has 0 atom stereocenters. The SMILES string of the molecule is CN=C(NCc1nc(-c2ccco2)n[nH]1)N(C)CCc1ccc(OC)c(OC)c1. The van der Waals surface area contributed by atoms with Gasteiger partial charge in [0.25, 0.3) is 0 Å². The van der Waals surface area contributed by atoms with E-state index in [9.17, 15) is 0 Å². The summed E-state index contributed by atoms with van der Waals surface area (Å²) in [5.74, 6) is 4.08. The van der Waals surface area contributed by atoms with E-state index < -0.39 is 0 Å². The van der Waals surface area contributed by atoms with E-state index in [4.69, 9.17) is 13.9 Å². The van der Waals surface area contributed by atoms with Crippen LogP contribution in [0.3, 0.4) is 0 Å². The third-order valence-corrected chi connectivity index (χ3v) is 4.44. The van der Waals surface area contributed by atoms with Gasteiger partial charge in [0, 0.05) is 20.6 Å². The van der Waals surface area contributed by atoms with Gasteiger partial charge in [-0.25, -0.2) is 4.98 Å². The van der Waals surface area contributed by atoms with Crippen LogP contribution < -0.4 is 14.8 Å². The summed E-state index contributed by atoms with van der Waals surface area (Å²) in [4.78, 5) is 10.8. The number of aliphatic imine (C=N–C) groups is 1. The fourth-order valence-electron chi connectivity index (χ4n) is 2.88. The first kappa shape index (κ1) is 20.2. The number of aromatic amines is 1. The maximum atomic E-state index is 5.37. The number of methoxy groups -OCH3 is 2. The lowest BCUT2D eigenvalue weighted by Gasteiger charge is -2.22. The number of benzene rings is 1. The first-order chi connectivity index (χ1) is 14.1. The second-order valence-electron chi connectivity index (χ2n) is 6.34. The number of ether oxygens (including phenoxy) is 2. The number of hydrogen-bond donors (Lipinski definition) is 2. The molecule has 2 aromatic heterocycles. The standard InChI is InChI=1S/C20H26N6O3/c1-21-20(22-13-18-23-19(25-24-18)16-6-5-11-29-16)26(2)10-9-14-7-8-15(27-3)17(12-14)28-4/h5-8,11-12H,9-10,13H2,1-4H3,(H,21,22)(H,23,24,25). The van der Waals surface area contributed by atoms with Crippen molar-refractivity contribution in [2.75, 3.05) is 34.9 Å². The number of aromatic nitrogens is 3. The van der Waals surface area contributed by atoms with Crippen molar-refractivity contribution in [3.8, 4) is 23.1 Å². The lowest BCUT2D eigenvalue weighted by Crippen LogP contribution is -2.39. The zero-order chi connectivity index (χ0) is 20.6. The Morgan fingerprint density at radius 2 is 2.07 bits per heavy atom. The second-order valence-corrected chi connectivity index (χ2v) is 6.34. The molecule has 0 aliphatic rings. The number of H-pyrrole nitrogens is 1. The zero-order valence-electron chi connectivity index (χ0n) is 17.1. The molecule has 3 rings (SSSR count). The van der Waals surface area contributed by atoms with E-state index in [2.05, 4.69) is 30.4 Å². The van der Waals surface area contributed by atoms with Crippen LogP contribution >= 0.6 is 0 Å². The number of nitrogens with one attached hydrogen (secondary N) is 2. The molecule has 0 unspecified atom stereocenters. The molecule has 0 saturated heterocycles. The van der Waals surface area contributed by atoms with Crippen molar-refractivity contribution in [3.63, 3.8) is 0 Å². The molecule has 2 heterocycles. The number of furan rings is 1. The third kappa shape index (κ3) is 5.07. The fraction of sp³-hybridized carbons (Fsp3) is 0.350. The molecule has 29 heavy (non-hydrogen) atoms. The molecule has 0 saturated carbocycles. The van der Waals surface area contributed by atoms with Crippen molar-refractivity contribution < 1.29 is 13.9 Å². The van der Waals surface area contributed by atoms with Crippen molar-refractivity contribution in [1.82, 2.24) is 25.4 Å². The minimum Gasteiger partial charge on any atom is -0.493 e. The highest BCUT2D eigenvalue weighted by Gasteiger charge is 2.11. The van der Waals surface area contributed by atoms with E-state index in [1.165, 1.54) is 0 Å². The highest BCUT2D eigenvalue weighted by Crippen LogP contribution is 2.27. The molecule has 0 fully saturated rings. The van der Waals surface area contributed by atoms with Crippen LogP contribution in [0.15, 0.2) is 46.0 Å². The van der Waals surface area contributed by atoms with Gasteiger partial charge in [0.1, 0.15) is 5.82 Å². The lowest BCUT2D eigenvalue weighted by atomic mass is 10.1.